The molecule has 1 amide bonds. The number of hydrogen-bond donors (Lipinski definition) is 1. The molecule has 32 heavy (non-hydrogen) atoms. The van der Waals surface area contributed by atoms with Gasteiger partial charge >= 0.3 is 5.97 Å². The van der Waals surface area contributed by atoms with Gasteiger partial charge in [-0.3, -0.25) is 19.7 Å². The molecular weight excluding hydrogens is 412 g/mol. The second kappa shape index (κ2) is 9.65. The highest BCUT2D eigenvalue weighted by Crippen LogP contribution is 2.27. The molecule has 162 valence electrons. The van der Waals surface area contributed by atoms with E-state index in [0.717, 1.165) is 5.56 Å². The van der Waals surface area contributed by atoms with E-state index in [1.165, 1.54) is 43.3 Å². The number of carbonyl (C=O) groups is 3. The summed E-state index contributed by atoms with van der Waals surface area (Å²) in [5, 5.41) is 13.6. The number of hydrogen-bond acceptors (Lipinski definition) is 6. The Hall–Kier alpha value is -4.33. The number of aryl methyl sites for hydroxylation is 1. The highest BCUT2D eigenvalue weighted by molar-refractivity contribution is 6.02. The van der Waals surface area contributed by atoms with Crippen molar-refractivity contribution < 1.29 is 24.0 Å². The van der Waals surface area contributed by atoms with Crippen molar-refractivity contribution in [2.75, 3.05) is 5.32 Å². The molecule has 0 aliphatic carbocycles. The van der Waals surface area contributed by atoms with Crippen molar-refractivity contribution in [1.82, 2.24) is 0 Å². The van der Waals surface area contributed by atoms with Crippen LogP contribution in [0.25, 0.3) is 0 Å². The predicted octanol–water partition coefficient (Wildman–Crippen LogP) is 4.64. The first kappa shape index (κ1) is 22.4. The zero-order chi connectivity index (χ0) is 23.3. The summed E-state index contributed by atoms with van der Waals surface area (Å²) in [5.74, 6) is -1.53. The maximum absolute atomic E-state index is 13.1. The van der Waals surface area contributed by atoms with Gasteiger partial charge in [0.15, 0.2) is 6.10 Å². The zero-order valence-corrected chi connectivity index (χ0v) is 17.4. The molecule has 3 rings (SSSR count). The first-order valence-corrected chi connectivity index (χ1v) is 9.69. The van der Waals surface area contributed by atoms with Crippen molar-refractivity contribution in [3.8, 4) is 0 Å². The van der Waals surface area contributed by atoms with Crippen LogP contribution in [0.2, 0.25) is 0 Å². The van der Waals surface area contributed by atoms with Crippen LogP contribution >= 0.6 is 0 Å². The second-order valence-electron chi connectivity index (χ2n) is 7.08. The molecule has 0 unspecified atom stereocenters. The number of nitro benzene ring substituents is 1. The summed E-state index contributed by atoms with van der Waals surface area (Å²) < 4.78 is 5.57. The number of anilines is 1. The van der Waals surface area contributed by atoms with E-state index in [0.29, 0.717) is 16.8 Å². The Morgan fingerprint density at radius 1 is 0.938 bits per heavy atom. The zero-order valence-electron chi connectivity index (χ0n) is 17.4. The van der Waals surface area contributed by atoms with Gasteiger partial charge in [-0.25, -0.2) is 4.79 Å². The molecule has 0 heterocycles. The highest BCUT2D eigenvalue weighted by Gasteiger charge is 2.27. The average Bonchev–Trinajstić information content (AvgIpc) is 2.78. The number of carbonyl (C=O) groups excluding carboxylic acids is 3. The molecule has 0 fully saturated rings. The summed E-state index contributed by atoms with van der Waals surface area (Å²) in [5.41, 5.74) is 1.83. The van der Waals surface area contributed by atoms with Gasteiger partial charge in [-0.2, -0.15) is 0 Å². The smallest absolute Gasteiger partial charge is 0.339 e. The number of Topliss-reactive ketones (excluding diaryl/α,β-unsaturated/α-hetero) is 1. The highest BCUT2D eigenvalue weighted by atomic mass is 16.6. The van der Waals surface area contributed by atoms with Gasteiger partial charge in [0.2, 0.25) is 11.7 Å². The van der Waals surface area contributed by atoms with E-state index in [1.54, 1.807) is 43.3 Å². The van der Waals surface area contributed by atoms with Crippen LogP contribution in [0.4, 0.5) is 11.4 Å². The minimum absolute atomic E-state index is 0.145. The molecule has 3 aromatic carbocycles. The third-order valence-corrected chi connectivity index (χ3v) is 4.71. The number of ketones is 1. The molecule has 0 aromatic heterocycles. The summed E-state index contributed by atoms with van der Waals surface area (Å²) in [6, 6.07) is 18.2. The third-order valence-electron chi connectivity index (χ3n) is 4.71. The lowest BCUT2D eigenvalue weighted by molar-refractivity contribution is -0.384. The number of ether oxygens (including phenoxy) is 1. The lowest BCUT2D eigenvalue weighted by Gasteiger charge is -2.18. The molecule has 1 N–H and O–H groups in total. The molecule has 0 saturated carbocycles. The quantitative estimate of drug-likeness (QED) is 0.252. The predicted molar refractivity (Wildman–Crippen MR) is 118 cm³/mol. The van der Waals surface area contributed by atoms with Crippen LogP contribution in [-0.4, -0.2) is 22.6 Å². The maximum atomic E-state index is 13.1. The molecule has 8 nitrogen and oxygen atoms in total. The third kappa shape index (κ3) is 5.23. The minimum Gasteiger partial charge on any atom is -0.445 e. The Balaban J connectivity index is 1.95. The van der Waals surface area contributed by atoms with E-state index in [4.69, 9.17) is 4.74 Å². The molecule has 1 atom stereocenters. The Labute approximate surface area is 184 Å². The molecule has 0 spiro atoms. The Bertz CT molecular complexity index is 1170. The van der Waals surface area contributed by atoms with Crippen LogP contribution < -0.4 is 5.32 Å². The standard InChI is InChI=1S/C24H20N2O6/c1-15-8-9-19(14-21(15)25-16(2)27)24(29)32-23(22(28)17-6-4-3-5-7-17)18-10-12-20(13-11-18)26(30)31/h3-14,23H,1-2H3,(H,25,27)/t23-/m1/s1. The topological polar surface area (TPSA) is 116 Å². The Kier molecular flexibility index (Phi) is 6.74. The number of benzene rings is 3. The van der Waals surface area contributed by atoms with Crippen molar-refractivity contribution in [3.05, 3.63) is 105 Å². The normalized spacial score (nSPS) is 11.3. The van der Waals surface area contributed by atoms with Gasteiger partial charge in [-0.1, -0.05) is 36.4 Å². The van der Waals surface area contributed by atoms with Gasteiger partial charge in [0.05, 0.1) is 10.5 Å². The van der Waals surface area contributed by atoms with Crippen LogP contribution in [0, 0.1) is 17.0 Å². The van der Waals surface area contributed by atoms with Crippen molar-refractivity contribution in [3.63, 3.8) is 0 Å². The van der Waals surface area contributed by atoms with E-state index in [1.807, 2.05) is 0 Å². The van der Waals surface area contributed by atoms with Crippen LogP contribution in [0.5, 0.6) is 0 Å². The van der Waals surface area contributed by atoms with E-state index in [-0.39, 0.29) is 17.2 Å². The van der Waals surface area contributed by atoms with Gasteiger partial charge in [0.1, 0.15) is 0 Å². The van der Waals surface area contributed by atoms with Gasteiger partial charge < -0.3 is 10.1 Å². The number of esters is 1. The fourth-order valence-electron chi connectivity index (χ4n) is 3.05. The molecule has 0 aliphatic heterocycles. The number of nitro groups is 1. The summed E-state index contributed by atoms with van der Waals surface area (Å²) in [7, 11) is 0. The van der Waals surface area contributed by atoms with E-state index < -0.39 is 22.8 Å². The van der Waals surface area contributed by atoms with Gasteiger partial charge in [0.25, 0.3) is 5.69 Å². The van der Waals surface area contributed by atoms with Crippen LogP contribution in [0.3, 0.4) is 0 Å². The fourth-order valence-corrected chi connectivity index (χ4v) is 3.05. The van der Waals surface area contributed by atoms with Crippen molar-refractivity contribution in [1.29, 1.82) is 0 Å². The first-order valence-electron chi connectivity index (χ1n) is 9.69. The van der Waals surface area contributed by atoms with E-state index in [2.05, 4.69) is 5.32 Å². The van der Waals surface area contributed by atoms with E-state index >= 15 is 0 Å². The number of nitrogens with one attached hydrogen (secondary N) is 1. The number of amides is 1. The van der Waals surface area contributed by atoms with Gasteiger partial charge in [0, 0.05) is 35.9 Å². The van der Waals surface area contributed by atoms with Gasteiger partial charge in [-0.05, 0) is 36.8 Å². The van der Waals surface area contributed by atoms with Crippen molar-refractivity contribution >= 4 is 29.0 Å². The van der Waals surface area contributed by atoms with Crippen LogP contribution in [0.1, 0.15) is 44.9 Å². The fraction of sp³-hybridized carbons (Fsp3) is 0.125. The van der Waals surface area contributed by atoms with Crippen LogP contribution in [-0.2, 0) is 9.53 Å². The summed E-state index contributed by atoms with van der Waals surface area (Å²) in [4.78, 5) is 47.8. The summed E-state index contributed by atoms with van der Waals surface area (Å²) in [6.07, 6.45) is -1.31. The largest absolute Gasteiger partial charge is 0.445 e. The molecule has 0 bridgehead atoms. The number of rotatable bonds is 7. The monoisotopic (exact) mass is 432 g/mol. The van der Waals surface area contributed by atoms with Gasteiger partial charge in [-0.15, -0.1) is 0 Å². The first-order chi connectivity index (χ1) is 15.3. The van der Waals surface area contributed by atoms with E-state index in [9.17, 15) is 24.5 Å². The summed E-state index contributed by atoms with van der Waals surface area (Å²) >= 11 is 0. The Morgan fingerprint density at radius 3 is 2.19 bits per heavy atom. The maximum Gasteiger partial charge on any atom is 0.339 e. The molecule has 0 radical (unpaired) electrons. The molecule has 0 aliphatic rings. The summed E-state index contributed by atoms with van der Waals surface area (Å²) in [6.45, 7) is 3.13. The lowest BCUT2D eigenvalue weighted by Crippen LogP contribution is -2.20. The second-order valence-corrected chi connectivity index (χ2v) is 7.08. The molecule has 8 heteroatoms. The molecular formula is C24H20N2O6. The van der Waals surface area contributed by atoms with Crippen molar-refractivity contribution in [2.24, 2.45) is 0 Å². The number of non-ortho nitro benzene ring substituents is 1. The molecule has 3 aromatic rings. The lowest BCUT2D eigenvalue weighted by atomic mass is 9.99. The molecule has 0 saturated heterocycles. The SMILES string of the molecule is CC(=O)Nc1cc(C(=O)O[C@@H](C(=O)c2ccccc2)c2ccc([N+](=O)[O-])cc2)ccc1C. The minimum atomic E-state index is -1.31. The number of nitrogens with zero attached hydrogens (tertiary/aromatic N) is 1. The van der Waals surface area contributed by atoms with Crippen LogP contribution in [0.15, 0.2) is 72.8 Å². The van der Waals surface area contributed by atoms with Crippen molar-refractivity contribution in [2.45, 2.75) is 20.0 Å². The average molecular weight is 432 g/mol. The Morgan fingerprint density at radius 2 is 1.59 bits per heavy atom.